The molecule has 0 saturated carbocycles. The van der Waals surface area contributed by atoms with Gasteiger partial charge in [-0.15, -0.1) is 5.10 Å². The molecule has 7 heteroatoms. The molecular formula is C15H15N5O2. The van der Waals surface area contributed by atoms with Gasteiger partial charge >= 0.3 is 0 Å². The van der Waals surface area contributed by atoms with Crippen molar-refractivity contribution in [1.29, 1.82) is 0 Å². The molecule has 0 aliphatic rings. The van der Waals surface area contributed by atoms with Crippen molar-refractivity contribution < 1.29 is 9.21 Å². The molecule has 0 spiro atoms. The number of H-pyrrole nitrogens is 1. The number of nitrogens with one attached hydrogen (secondary N) is 1. The van der Waals surface area contributed by atoms with Crippen LogP contribution in [0.5, 0.6) is 0 Å². The zero-order valence-electron chi connectivity index (χ0n) is 12.2. The highest BCUT2D eigenvalue weighted by Crippen LogP contribution is 2.27. The van der Waals surface area contributed by atoms with Gasteiger partial charge in [-0.3, -0.25) is 9.89 Å². The van der Waals surface area contributed by atoms with Crippen molar-refractivity contribution in [2.75, 3.05) is 19.8 Å². The predicted octanol–water partition coefficient (Wildman–Crippen LogP) is 2.02. The number of hydrogen-bond acceptors (Lipinski definition) is 5. The maximum atomic E-state index is 11.9. The van der Waals surface area contributed by atoms with Crippen LogP contribution in [0.15, 0.2) is 40.8 Å². The van der Waals surface area contributed by atoms with Crippen LogP contribution in [0.1, 0.15) is 10.4 Å². The third kappa shape index (κ3) is 2.56. The molecule has 0 radical (unpaired) electrons. The Labute approximate surface area is 126 Å². The molecule has 3 aromatic rings. The van der Waals surface area contributed by atoms with Gasteiger partial charge in [-0.1, -0.05) is 12.1 Å². The van der Waals surface area contributed by atoms with Crippen LogP contribution < -0.4 is 5.73 Å². The summed E-state index contributed by atoms with van der Waals surface area (Å²) in [6.45, 7) is 0. The molecule has 1 amide bonds. The first-order valence-corrected chi connectivity index (χ1v) is 6.65. The number of nitrogen functional groups attached to an aromatic ring is 1. The topological polar surface area (TPSA) is 101 Å². The molecule has 0 aliphatic heterocycles. The maximum absolute atomic E-state index is 11.9. The minimum atomic E-state index is -0.0381. The molecule has 0 saturated heterocycles. The van der Waals surface area contributed by atoms with Gasteiger partial charge in [0.15, 0.2) is 11.6 Å². The molecule has 22 heavy (non-hydrogen) atoms. The van der Waals surface area contributed by atoms with Crippen LogP contribution in [0.4, 0.5) is 5.95 Å². The van der Waals surface area contributed by atoms with Gasteiger partial charge in [-0.25, -0.2) is 0 Å². The standard InChI is InChI=1S/C15H15N5O2/c1-20(2)14(21)10-5-3-9(4-6-10)11-7-8-12(22-11)13-17-15(16)19-18-13/h3-8H,1-2H3,(H3,16,17,18,19). The third-order valence-corrected chi connectivity index (χ3v) is 3.16. The molecule has 1 aromatic carbocycles. The maximum Gasteiger partial charge on any atom is 0.253 e. The molecule has 2 heterocycles. The van der Waals surface area contributed by atoms with Crippen molar-refractivity contribution in [2.45, 2.75) is 0 Å². The summed E-state index contributed by atoms with van der Waals surface area (Å²) in [6.07, 6.45) is 0. The highest BCUT2D eigenvalue weighted by atomic mass is 16.3. The Morgan fingerprint density at radius 2 is 1.82 bits per heavy atom. The smallest absolute Gasteiger partial charge is 0.253 e. The monoisotopic (exact) mass is 297 g/mol. The number of nitrogens with zero attached hydrogens (tertiary/aromatic N) is 3. The summed E-state index contributed by atoms with van der Waals surface area (Å²) in [4.78, 5) is 17.4. The van der Waals surface area contributed by atoms with Gasteiger partial charge in [0.05, 0.1) is 0 Å². The summed E-state index contributed by atoms with van der Waals surface area (Å²) in [5.74, 6) is 1.83. The van der Waals surface area contributed by atoms with Crippen LogP contribution >= 0.6 is 0 Å². The lowest BCUT2D eigenvalue weighted by atomic mass is 10.1. The quantitative estimate of drug-likeness (QED) is 0.770. The molecule has 0 fully saturated rings. The highest BCUT2D eigenvalue weighted by Gasteiger charge is 2.12. The zero-order chi connectivity index (χ0) is 15.7. The third-order valence-electron chi connectivity index (χ3n) is 3.16. The lowest BCUT2D eigenvalue weighted by Crippen LogP contribution is -2.21. The van der Waals surface area contributed by atoms with E-state index < -0.39 is 0 Å². The van der Waals surface area contributed by atoms with E-state index in [1.807, 2.05) is 18.2 Å². The number of amides is 1. The molecule has 0 bridgehead atoms. The van der Waals surface area contributed by atoms with Crippen molar-refractivity contribution in [3.8, 4) is 22.9 Å². The first-order valence-electron chi connectivity index (χ1n) is 6.65. The summed E-state index contributed by atoms with van der Waals surface area (Å²) in [5.41, 5.74) is 6.97. The SMILES string of the molecule is CN(C)C(=O)c1ccc(-c2ccc(-c3nc(N)n[nH]3)o2)cc1. The van der Waals surface area contributed by atoms with E-state index in [0.29, 0.717) is 22.9 Å². The summed E-state index contributed by atoms with van der Waals surface area (Å²) in [5, 5.41) is 6.46. The van der Waals surface area contributed by atoms with Crippen molar-refractivity contribution in [2.24, 2.45) is 0 Å². The van der Waals surface area contributed by atoms with Gasteiger partial charge in [0.2, 0.25) is 5.95 Å². The zero-order valence-corrected chi connectivity index (χ0v) is 12.2. The summed E-state index contributed by atoms with van der Waals surface area (Å²) in [7, 11) is 3.44. The predicted molar refractivity (Wildman–Crippen MR) is 82.0 cm³/mol. The number of anilines is 1. The largest absolute Gasteiger partial charge is 0.453 e. The van der Waals surface area contributed by atoms with Gasteiger partial charge in [-0.05, 0) is 24.3 Å². The second-order valence-electron chi connectivity index (χ2n) is 4.98. The number of carbonyl (C=O) groups is 1. The van der Waals surface area contributed by atoms with Crippen molar-refractivity contribution >= 4 is 11.9 Å². The number of rotatable bonds is 3. The number of carbonyl (C=O) groups excluding carboxylic acids is 1. The highest BCUT2D eigenvalue weighted by molar-refractivity contribution is 5.94. The van der Waals surface area contributed by atoms with E-state index in [0.717, 1.165) is 5.56 Å². The minimum absolute atomic E-state index is 0.0381. The van der Waals surface area contributed by atoms with Gasteiger partial charge in [0.25, 0.3) is 5.91 Å². The summed E-state index contributed by atoms with van der Waals surface area (Å²) < 4.78 is 5.73. The van der Waals surface area contributed by atoms with Crippen molar-refractivity contribution in [3.05, 3.63) is 42.0 Å². The Balaban J connectivity index is 1.86. The fourth-order valence-electron chi connectivity index (χ4n) is 2.04. The van der Waals surface area contributed by atoms with Crippen molar-refractivity contribution in [3.63, 3.8) is 0 Å². The number of aromatic amines is 1. The van der Waals surface area contributed by atoms with E-state index in [-0.39, 0.29) is 11.9 Å². The van der Waals surface area contributed by atoms with E-state index in [1.165, 1.54) is 4.90 Å². The second-order valence-corrected chi connectivity index (χ2v) is 4.98. The van der Waals surface area contributed by atoms with Gasteiger partial charge in [-0.2, -0.15) is 4.98 Å². The number of hydrogen-bond donors (Lipinski definition) is 2. The average molecular weight is 297 g/mol. The Bertz CT molecular complexity index is 801. The van der Waals surface area contributed by atoms with Gasteiger partial charge < -0.3 is 15.1 Å². The molecule has 0 atom stereocenters. The second kappa shape index (κ2) is 5.36. The van der Waals surface area contributed by atoms with E-state index in [9.17, 15) is 4.79 Å². The molecule has 0 aliphatic carbocycles. The van der Waals surface area contributed by atoms with Crippen LogP contribution in [-0.4, -0.2) is 40.1 Å². The fraction of sp³-hybridized carbons (Fsp3) is 0.133. The normalized spacial score (nSPS) is 10.6. The van der Waals surface area contributed by atoms with Gasteiger partial charge in [0, 0.05) is 25.2 Å². The van der Waals surface area contributed by atoms with E-state index in [1.54, 1.807) is 32.3 Å². The molecule has 2 aromatic heterocycles. The number of nitrogens with two attached hydrogens (primary N) is 1. The fourth-order valence-corrected chi connectivity index (χ4v) is 2.04. The van der Waals surface area contributed by atoms with Crippen LogP contribution in [0.3, 0.4) is 0 Å². The molecule has 3 N–H and O–H groups in total. The number of aromatic nitrogens is 3. The van der Waals surface area contributed by atoms with E-state index in [2.05, 4.69) is 15.2 Å². The Morgan fingerprint density at radius 3 is 2.41 bits per heavy atom. The van der Waals surface area contributed by atoms with Crippen LogP contribution in [0.25, 0.3) is 22.9 Å². The van der Waals surface area contributed by atoms with Crippen LogP contribution in [0.2, 0.25) is 0 Å². The lowest BCUT2D eigenvalue weighted by molar-refractivity contribution is 0.0827. The van der Waals surface area contributed by atoms with E-state index in [4.69, 9.17) is 10.2 Å². The Kier molecular flexibility index (Phi) is 3.38. The lowest BCUT2D eigenvalue weighted by Gasteiger charge is -2.10. The molecular weight excluding hydrogens is 282 g/mol. The molecule has 0 unspecified atom stereocenters. The van der Waals surface area contributed by atoms with Crippen LogP contribution in [-0.2, 0) is 0 Å². The Morgan fingerprint density at radius 1 is 1.14 bits per heavy atom. The molecule has 7 nitrogen and oxygen atoms in total. The first-order chi connectivity index (χ1) is 10.5. The van der Waals surface area contributed by atoms with Crippen molar-refractivity contribution in [1.82, 2.24) is 20.1 Å². The average Bonchev–Trinajstić information content (AvgIpc) is 3.15. The molecule has 112 valence electrons. The minimum Gasteiger partial charge on any atom is -0.453 e. The van der Waals surface area contributed by atoms with E-state index >= 15 is 0 Å². The number of benzene rings is 1. The summed E-state index contributed by atoms with van der Waals surface area (Å²) in [6, 6.07) is 10.8. The Hall–Kier alpha value is -3.09. The first kappa shape index (κ1) is 13.9. The molecule has 3 rings (SSSR count). The van der Waals surface area contributed by atoms with Gasteiger partial charge in [0.1, 0.15) is 5.76 Å². The van der Waals surface area contributed by atoms with Crippen LogP contribution in [0, 0.1) is 0 Å². The summed E-state index contributed by atoms with van der Waals surface area (Å²) >= 11 is 0. The number of furan rings is 1.